The molecule has 1 rings (SSSR count). The molecule has 1 atom stereocenters. The Morgan fingerprint density at radius 2 is 2.00 bits per heavy atom. The van der Waals surface area contributed by atoms with Gasteiger partial charge in [-0.2, -0.15) is 5.10 Å². The summed E-state index contributed by atoms with van der Waals surface area (Å²) in [5, 5.41) is 13.2. The third-order valence-corrected chi connectivity index (χ3v) is 3.57. The molecule has 1 heterocycles. The first-order valence-corrected chi connectivity index (χ1v) is 6.83. The second-order valence-electron chi connectivity index (χ2n) is 5.27. The van der Waals surface area contributed by atoms with Gasteiger partial charge in [-0.05, 0) is 32.9 Å². The number of nitrogens with zero attached hydrogens (tertiary/aromatic N) is 2. The maximum Gasteiger partial charge on any atom is 0.335 e. The molecule has 1 aromatic heterocycles. The fourth-order valence-corrected chi connectivity index (χ4v) is 2.20. The standard InChI is InChI=1S/C17H21FN2O2/c1-10(7-12(3)18)14(5)16-9-19-20(15(16)6)13(4)8-11(2)17(21)22/h7-9,14H,2-3H2,1,4-6H3,(H,21,22). The van der Waals surface area contributed by atoms with Gasteiger partial charge in [-0.1, -0.05) is 25.7 Å². The van der Waals surface area contributed by atoms with Crippen molar-refractivity contribution in [2.24, 2.45) is 0 Å². The van der Waals surface area contributed by atoms with Gasteiger partial charge < -0.3 is 5.11 Å². The van der Waals surface area contributed by atoms with E-state index >= 15 is 0 Å². The molecule has 0 fully saturated rings. The summed E-state index contributed by atoms with van der Waals surface area (Å²) in [5.41, 5.74) is 3.30. The van der Waals surface area contributed by atoms with Gasteiger partial charge in [0.2, 0.25) is 0 Å². The SMILES string of the molecule is C=C(F)C=C(C)C(C)c1cnn(C(C)=CC(=C)C(=O)O)c1C. The van der Waals surface area contributed by atoms with Gasteiger partial charge in [-0.25, -0.2) is 13.9 Å². The number of hydrogen-bond acceptors (Lipinski definition) is 2. The number of carboxylic acid groups (broad SMARTS) is 1. The Balaban J connectivity index is 3.16. The van der Waals surface area contributed by atoms with Gasteiger partial charge in [0.05, 0.1) is 11.8 Å². The number of carbonyl (C=O) groups is 1. The summed E-state index contributed by atoms with van der Waals surface area (Å²) in [6, 6.07) is 0. The van der Waals surface area contributed by atoms with Crippen LogP contribution in [0.25, 0.3) is 5.70 Å². The van der Waals surface area contributed by atoms with E-state index in [1.54, 1.807) is 17.8 Å². The van der Waals surface area contributed by atoms with Crippen LogP contribution in [0.15, 0.2) is 48.5 Å². The molecule has 0 spiro atoms. The molecule has 0 aliphatic rings. The molecule has 4 nitrogen and oxygen atoms in total. The highest BCUT2D eigenvalue weighted by Gasteiger charge is 2.16. The number of carboxylic acids is 1. The molecule has 0 saturated heterocycles. The zero-order valence-corrected chi connectivity index (χ0v) is 13.4. The third kappa shape index (κ3) is 4.04. The highest BCUT2D eigenvalue weighted by molar-refractivity contribution is 5.90. The Bertz CT molecular complexity index is 681. The van der Waals surface area contributed by atoms with Crippen LogP contribution in [-0.4, -0.2) is 20.9 Å². The van der Waals surface area contributed by atoms with Crippen molar-refractivity contribution in [3.8, 4) is 0 Å². The number of halogens is 1. The van der Waals surface area contributed by atoms with Gasteiger partial charge in [0.15, 0.2) is 0 Å². The van der Waals surface area contributed by atoms with Gasteiger partial charge >= 0.3 is 5.97 Å². The van der Waals surface area contributed by atoms with Crippen LogP contribution < -0.4 is 0 Å². The Hall–Kier alpha value is -2.43. The molecule has 0 saturated carbocycles. The lowest BCUT2D eigenvalue weighted by Gasteiger charge is -2.13. The van der Waals surface area contributed by atoms with E-state index in [1.807, 2.05) is 20.8 Å². The Morgan fingerprint density at radius 3 is 2.50 bits per heavy atom. The zero-order valence-electron chi connectivity index (χ0n) is 13.4. The van der Waals surface area contributed by atoms with E-state index in [0.717, 1.165) is 16.8 Å². The monoisotopic (exact) mass is 304 g/mol. The Kier molecular flexibility index (Phi) is 5.63. The predicted octanol–water partition coefficient (Wildman–Crippen LogP) is 4.23. The smallest absolute Gasteiger partial charge is 0.335 e. The van der Waals surface area contributed by atoms with Crippen LogP contribution in [-0.2, 0) is 4.79 Å². The minimum atomic E-state index is -1.07. The van der Waals surface area contributed by atoms with E-state index in [0.29, 0.717) is 5.70 Å². The molecule has 0 aromatic carbocycles. The summed E-state index contributed by atoms with van der Waals surface area (Å²) in [6.45, 7) is 14.1. The summed E-state index contributed by atoms with van der Waals surface area (Å²) in [4.78, 5) is 10.8. The van der Waals surface area contributed by atoms with E-state index in [2.05, 4.69) is 18.3 Å². The predicted molar refractivity (Wildman–Crippen MR) is 86.1 cm³/mol. The van der Waals surface area contributed by atoms with Crippen LogP contribution in [0.1, 0.15) is 37.9 Å². The largest absolute Gasteiger partial charge is 0.478 e. The van der Waals surface area contributed by atoms with Gasteiger partial charge in [0.25, 0.3) is 0 Å². The number of aromatic nitrogens is 2. The molecule has 0 amide bonds. The average Bonchev–Trinajstić information content (AvgIpc) is 2.78. The molecular weight excluding hydrogens is 283 g/mol. The summed E-state index contributed by atoms with van der Waals surface area (Å²) in [5.74, 6) is -1.57. The van der Waals surface area contributed by atoms with Crippen molar-refractivity contribution in [3.63, 3.8) is 0 Å². The Morgan fingerprint density at radius 1 is 1.41 bits per heavy atom. The maximum absolute atomic E-state index is 12.9. The number of rotatable bonds is 6. The average molecular weight is 304 g/mol. The number of allylic oxidation sites excluding steroid dienone is 4. The fourth-order valence-electron chi connectivity index (χ4n) is 2.20. The highest BCUT2D eigenvalue weighted by Crippen LogP contribution is 2.28. The Labute approximate surface area is 130 Å². The highest BCUT2D eigenvalue weighted by atomic mass is 19.1. The van der Waals surface area contributed by atoms with Crippen molar-refractivity contribution in [2.45, 2.75) is 33.6 Å². The molecule has 5 heteroatoms. The molecule has 118 valence electrons. The van der Waals surface area contributed by atoms with E-state index in [9.17, 15) is 9.18 Å². The quantitative estimate of drug-likeness (QED) is 0.632. The van der Waals surface area contributed by atoms with Crippen molar-refractivity contribution in [2.75, 3.05) is 0 Å². The van der Waals surface area contributed by atoms with Crippen LogP contribution in [0.4, 0.5) is 4.39 Å². The van der Waals surface area contributed by atoms with Crippen LogP contribution in [0.2, 0.25) is 0 Å². The molecule has 1 N–H and O–H groups in total. The van der Waals surface area contributed by atoms with E-state index in [-0.39, 0.29) is 11.5 Å². The van der Waals surface area contributed by atoms with Gasteiger partial charge in [0, 0.05) is 22.9 Å². The molecule has 0 aliphatic carbocycles. The van der Waals surface area contributed by atoms with E-state index in [4.69, 9.17) is 5.11 Å². The van der Waals surface area contributed by atoms with E-state index < -0.39 is 11.8 Å². The summed E-state index contributed by atoms with van der Waals surface area (Å²) < 4.78 is 14.6. The lowest BCUT2D eigenvalue weighted by molar-refractivity contribution is -0.132. The second-order valence-corrected chi connectivity index (χ2v) is 5.27. The third-order valence-electron chi connectivity index (χ3n) is 3.57. The molecule has 0 radical (unpaired) electrons. The maximum atomic E-state index is 12.9. The number of hydrogen-bond donors (Lipinski definition) is 1. The van der Waals surface area contributed by atoms with Crippen molar-refractivity contribution in [1.29, 1.82) is 0 Å². The summed E-state index contributed by atoms with van der Waals surface area (Å²) >= 11 is 0. The molecule has 0 bridgehead atoms. The first-order valence-electron chi connectivity index (χ1n) is 6.83. The molecule has 22 heavy (non-hydrogen) atoms. The van der Waals surface area contributed by atoms with Gasteiger partial charge in [-0.15, -0.1) is 0 Å². The first-order chi connectivity index (χ1) is 10.1. The van der Waals surface area contributed by atoms with Crippen molar-refractivity contribution in [1.82, 2.24) is 9.78 Å². The minimum absolute atomic E-state index is 0.00759. The van der Waals surface area contributed by atoms with Gasteiger partial charge in [-0.3, -0.25) is 0 Å². The van der Waals surface area contributed by atoms with Crippen LogP contribution >= 0.6 is 0 Å². The first kappa shape index (κ1) is 17.6. The van der Waals surface area contributed by atoms with Gasteiger partial charge in [0.1, 0.15) is 5.83 Å². The minimum Gasteiger partial charge on any atom is -0.478 e. The topological polar surface area (TPSA) is 55.1 Å². The molecule has 1 unspecified atom stereocenters. The fraction of sp³-hybridized carbons (Fsp3) is 0.294. The number of aliphatic carboxylic acids is 1. The summed E-state index contributed by atoms with van der Waals surface area (Å²) in [7, 11) is 0. The van der Waals surface area contributed by atoms with Crippen LogP contribution in [0.5, 0.6) is 0 Å². The second kappa shape index (κ2) is 7.02. The molecule has 1 aromatic rings. The van der Waals surface area contributed by atoms with Crippen LogP contribution in [0, 0.1) is 6.92 Å². The summed E-state index contributed by atoms with van der Waals surface area (Å²) in [6.07, 6.45) is 4.57. The molecular formula is C17H21FN2O2. The lowest BCUT2D eigenvalue weighted by atomic mass is 9.94. The van der Waals surface area contributed by atoms with Crippen molar-refractivity contribution >= 4 is 11.7 Å². The van der Waals surface area contributed by atoms with Crippen molar-refractivity contribution < 1.29 is 14.3 Å². The van der Waals surface area contributed by atoms with Crippen LogP contribution in [0.3, 0.4) is 0 Å². The van der Waals surface area contributed by atoms with E-state index in [1.165, 1.54) is 12.2 Å². The normalized spacial score (nSPS) is 13.9. The zero-order chi connectivity index (χ0) is 17.0. The van der Waals surface area contributed by atoms with Crippen molar-refractivity contribution in [3.05, 3.63) is 59.7 Å². The molecule has 0 aliphatic heterocycles. The lowest BCUT2D eigenvalue weighted by Crippen LogP contribution is -2.04.